The van der Waals surface area contributed by atoms with Crippen LogP contribution in [-0.4, -0.2) is 15.9 Å². The SMILES string of the molecule is CCCNC(C#N)c1c(C)nc2scc(C)n12. The van der Waals surface area contributed by atoms with Crippen LogP contribution in [-0.2, 0) is 0 Å². The summed E-state index contributed by atoms with van der Waals surface area (Å²) in [5.41, 5.74) is 3.06. The fourth-order valence-corrected chi connectivity index (χ4v) is 2.88. The van der Waals surface area contributed by atoms with Crippen molar-refractivity contribution in [2.75, 3.05) is 6.54 Å². The largest absolute Gasteiger partial charge is 0.297 e. The molecule has 5 heteroatoms. The van der Waals surface area contributed by atoms with Gasteiger partial charge in [-0.25, -0.2) is 4.98 Å². The predicted molar refractivity (Wildman–Crippen MR) is 69.2 cm³/mol. The van der Waals surface area contributed by atoms with E-state index in [0.717, 1.165) is 35.0 Å². The molecule has 0 spiro atoms. The molecule has 0 aromatic carbocycles. The molecule has 2 aromatic heterocycles. The van der Waals surface area contributed by atoms with Crippen LogP contribution in [0.15, 0.2) is 5.38 Å². The first-order valence-electron chi connectivity index (χ1n) is 5.75. The van der Waals surface area contributed by atoms with Crippen molar-refractivity contribution in [3.8, 4) is 6.07 Å². The maximum atomic E-state index is 9.29. The Morgan fingerprint density at radius 1 is 1.59 bits per heavy atom. The van der Waals surface area contributed by atoms with Gasteiger partial charge in [0.2, 0.25) is 0 Å². The molecule has 0 bridgehead atoms. The first-order valence-corrected chi connectivity index (χ1v) is 6.63. The molecule has 0 saturated carbocycles. The van der Waals surface area contributed by atoms with Gasteiger partial charge in [0.15, 0.2) is 4.96 Å². The number of aryl methyl sites for hydroxylation is 2. The lowest BCUT2D eigenvalue weighted by atomic mass is 10.2. The molecule has 0 aliphatic rings. The van der Waals surface area contributed by atoms with E-state index in [1.807, 2.05) is 13.8 Å². The topological polar surface area (TPSA) is 53.1 Å². The fraction of sp³-hybridized carbons (Fsp3) is 0.500. The quantitative estimate of drug-likeness (QED) is 0.904. The van der Waals surface area contributed by atoms with Crippen molar-refractivity contribution >= 4 is 16.3 Å². The van der Waals surface area contributed by atoms with Gasteiger partial charge in [0.25, 0.3) is 0 Å². The number of hydrogen-bond acceptors (Lipinski definition) is 4. The molecule has 2 rings (SSSR count). The Morgan fingerprint density at radius 2 is 2.35 bits per heavy atom. The first-order chi connectivity index (χ1) is 8.19. The minimum absolute atomic E-state index is 0.279. The Balaban J connectivity index is 2.48. The van der Waals surface area contributed by atoms with Crippen molar-refractivity contribution in [2.24, 2.45) is 0 Å². The van der Waals surface area contributed by atoms with Crippen LogP contribution < -0.4 is 5.32 Å². The molecule has 4 nitrogen and oxygen atoms in total. The van der Waals surface area contributed by atoms with Crippen molar-refractivity contribution in [2.45, 2.75) is 33.2 Å². The molecule has 0 amide bonds. The molecule has 0 aliphatic heterocycles. The molecular formula is C12H16N4S. The van der Waals surface area contributed by atoms with Gasteiger partial charge >= 0.3 is 0 Å². The summed E-state index contributed by atoms with van der Waals surface area (Å²) in [5.74, 6) is 0. The lowest BCUT2D eigenvalue weighted by molar-refractivity contribution is 0.602. The van der Waals surface area contributed by atoms with E-state index in [-0.39, 0.29) is 6.04 Å². The number of thiazole rings is 1. The van der Waals surface area contributed by atoms with Crippen molar-refractivity contribution in [1.82, 2.24) is 14.7 Å². The average molecular weight is 248 g/mol. The lowest BCUT2D eigenvalue weighted by Gasteiger charge is -2.11. The van der Waals surface area contributed by atoms with E-state index in [4.69, 9.17) is 0 Å². The van der Waals surface area contributed by atoms with Crippen LogP contribution in [0.1, 0.15) is 36.5 Å². The highest BCUT2D eigenvalue weighted by Crippen LogP contribution is 2.24. The van der Waals surface area contributed by atoms with E-state index in [2.05, 4.69) is 33.1 Å². The summed E-state index contributed by atoms with van der Waals surface area (Å²) in [4.78, 5) is 5.47. The van der Waals surface area contributed by atoms with Crippen LogP contribution in [0.2, 0.25) is 0 Å². The van der Waals surface area contributed by atoms with Crippen molar-refractivity contribution in [1.29, 1.82) is 5.26 Å². The third-order valence-corrected chi connectivity index (χ3v) is 3.70. The second-order valence-electron chi connectivity index (χ2n) is 4.09. The van der Waals surface area contributed by atoms with E-state index >= 15 is 0 Å². The maximum Gasteiger partial charge on any atom is 0.194 e. The molecule has 17 heavy (non-hydrogen) atoms. The Labute approximate surface area is 105 Å². The number of rotatable bonds is 4. The summed E-state index contributed by atoms with van der Waals surface area (Å²) >= 11 is 1.62. The van der Waals surface area contributed by atoms with Gasteiger partial charge in [0.05, 0.1) is 17.5 Å². The number of fused-ring (bicyclic) bond motifs is 1. The second-order valence-corrected chi connectivity index (χ2v) is 4.93. The Morgan fingerprint density at radius 3 is 3.00 bits per heavy atom. The summed E-state index contributed by atoms with van der Waals surface area (Å²) in [6, 6.07) is 2.04. The van der Waals surface area contributed by atoms with E-state index in [1.165, 1.54) is 0 Å². The molecule has 1 atom stereocenters. The highest BCUT2D eigenvalue weighted by Gasteiger charge is 2.20. The highest BCUT2D eigenvalue weighted by atomic mass is 32.1. The Bertz CT molecular complexity index is 561. The molecule has 0 fully saturated rings. The van der Waals surface area contributed by atoms with E-state index in [0.29, 0.717) is 0 Å². The van der Waals surface area contributed by atoms with Crippen LogP contribution >= 0.6 is 11.3 Å². The minimum atomic E-state index is -0.279. The lowest BCUT2D eigenvalue weighted by Crippen LogP contribution is -2.22. The van der Waals surface area contributed by atoms with Crippen LogP contribution in [0.25, 0.3) is 4.96 Å². The summed E-state index contributed by atoms with van der Waals surface area (Å²) in [6.07, 6.45) is 1.02. The fourth-order valence-electron chi connectivity index (χ4n) is 1.96. The Hall–Kier alpha value is -1.38. The van der Waals surface area contributed by atoms with Gasteiger partial charge < -0.3 is 0 Å². The van der Waals surface area contributed by atoms with Crippen molar-refractivity contribution in [3.63, 3.8) is 0 Å². The third kappa shape index (κ3) is 2.06. The van der Waals surface area contributed by atoms with Crippen LogP contribution in [0.5, 0.6) is 0 Å². The molecule has 1 N–H and O–H groups in total. The average Bonchev–Trinajstić information content (AvgIpc) is 2.81. The molecule has 0 aliphatic carbocycles. The second kappa shape index (κ2) is 4.86. The number of aromatic nitrogens is 2. The van der Waals surface area contributed by atoms with Crippen LogP contribution in [0, 0.1) is 25.2 Å². The van der Waals surface area contributed by atoms with Crippen molar-refractivity contribution < 1.29 is 0 Å². The Kier molecular flexibility index (Phi) is 3.46. The minimum Gasteiger partial charge on any atom is -0.297 e. The zero-order valence-corrected chi connectivity index (χ0v) is 11.1. The standard InChI is InChI=1S/C12H16N4S/c1-4-5-14-10(6-13)11-9(3)15-12-16(11)8(2)7-17-12/h7,10,14H,4-5H2,1-3H3. The smallest absolute Gasteiger partial charge is 0.194 e. The molecule has 0 radical (unpaired) electrons. The van der Waals surface area contributed by atoms with Gasteiger partial charge in [-0.2, -0.15) is 5.26 Å². The van der Waals surface area contributed by atoms with Gasteiger partial charge in [-0.1, -0.05) is 6.92 Å². The van der Waals surface area contributed by atoms with Crippen LogP contribution in [0.4, 0.5) is 0 Å². The van der Waals surface area contributed by atoms with Gasteiger partial charge in [-0.3, -0.25) is 9.72 Å². The number of nitriles is 1. The zero-order valence-electron chi connectivity index (χ0n) is 10.3. The predicted octanol–water partition coefficient (Wildman–Crippen LogP) is 2.58. The van der Waals surface area contributed by atoms with Gasteiger partial charge in [0.1, 0.15) is 6.04 Å². The number of nitrogens with zero attached hydrogens (tertiary/aromatic N) is 3. The van der Waals surface area contributed by atoms with E-state index in [1.54, 1.807) is 11.3 Å². The monoisotopic (exact) mass is 248 g/mol. The van der Waals surface area contributed by atoms with Crippen LogP contribution in [0.3, 0.4) is 0 Å². The third-order valence-electron chi connectivity index (χ3n) is 2.75. The molecule has 2 heterocycles. The number of imidazole rings is 1. The van der Waals surface area contributed by atoms with Gasteiger partial charge in [-0.05, 0) is 26.8 Å². The summed E-state index contributed by atoms with van der Waals surface area (Å²) in [5, 5.41) is 14.6. The van der Waals surface area contributed by atoms with E-state index in [9.17, 15) is 5.26 Å². The molecular weight excluding hydrogens is 232 g/mol. The molecule has 0 saturated heterocycles. The molecule has 1 unspecified atom stereocenters. The van der Waals surface area contributed by atoms with Gasteiger partial charge in [-0.15, -0.1) is 11.3 Å². The first kappa shape index (κ1) is 12.1. The molecule has 2 aromatic rings. The normalized spacial score (nSPS) is 12.8. The maximum absolute atomic E-state index is 9.29. The zero-order chi connectivity index (χ0) is 12.4. The number of nitrogens with one attached hydrogen (secondary N) is 1. The van der Waals surface area contributed by atoms with E-state index < -0.39 is 0 Å². The summed E-state index contributed by atoms with van der Waals surface area (Å²) in [6.45, 7) is 6.94. The summed E-state index contributed by atoms with van der Waals surface area (Å²) < 4.78 is 2.08. The van der Waals surface area contributed by atoms with Gasteiger partial charge in [0, 0.05) is 11.1 Å². The highest BCUT2D eigenvalue weighted by molar-refractivity contribution is 7.15. The molecule has 90 valence electrons. The van der Waals surface area contributed by atoms with Crippen molar-refractivity contribution in [3.05, 3.63) is 22.5 Å². The number of hydrogen-bond donors (Lipinski definition) is 1. The summed E-state index contributed by atoms with van der Waals surface area (Å²) in [7, 11) is 0.